The Morgan fingerprint density at radius 3 is 0.600 bits per heavy atom. The minimum atomic E-state index is -3.97. The van der Waals surface area contributed by atoms with Crippen LogP contribution in [0.15, 0.2) is 243 Å². The molecule has 8 aromatic rings. The topological polar surface area (TPSA) is 92.3 Å². The lowest BCUT2D eigenvalue weighted by Crippen LogP contribution is -2.74. The van der Waals surface area contributed by atoms with E-state index in [0.717, 1.165) is 20.7 Å². The molecular formula is C56H60O10Si4. The standard InChI is InChI=1S/C36H30O5Si2.C20H30O5Si2/c1-7-19-31(20-8-1)37-42(35-27-15-5-16-28-35,38-32-21-9-2-10-22-32)41-43(36-29-17-6-18-30-36,39-33-23-11-3-12-24-33)40-34-25-13-4-14-26-34;1-5-21-26(22-6-2,19-15-11-9-12-16-19)25-27(23-7-3,24-8-4)20-17-13-10-14-18-20/h1-30H;9-18H,5-8H2,1-4H3. The van der Waals surface area contributed by atoms with Crippen molar-refractivity contribution in [3.8, 4) is 23.0 Å². The van der Waals surface area contributed by atoms with Crippen molar-refractivity contribution in [3.05, 3.63) is 243 Å². The third-order valence-corrected chi connectivity index (χ3v) is 23.5. The van der Waals surface area contributed by atoms with Gasteiger partial charge in [-0.05, 0) is 76.2 Å². The second-order valence-corrected chi connectivity index (χ2v) is 25.6. The predicted octanol–water partition coefficient (Wildman–Crippen LogP) is 9.85. The van der Waals surface area contributed by atoms with Crippen LogP contribution >= 0.6 is 0 Å². The molecule has 8 rings (SSSR count). The van der Waals surface area contributed by atoms with Crippen LogP contribution in [-0.4, -0.2) is 61.6 Å². The highest BCUT2D eigenvalue weighted by molar-refractivity contribution is 6.90. The van der Waals surface area contributed by atoms with Crippen molar-refractivity contribution in [3.63, 3.8) is 0 Å². The van der Waals surface area contributed by atoms with E-state index in [1.54, 1.807) is 0 Å². The highest BCUT2D eigenvalue weighted by atomic mass is 28.5. The van der Waals surface area contributed by atoms with Crippen LogP contribution in [-0.2, 0) is 25.9 Å². The van der Waals surface area contributed by atoms with E-state index < -0.39 is 35.2 Å². The molecule has 0 amide bonds. The summed E-state index contributed by atoms with van der Waals surface area (Å²) in [5, 5.41) is 3.31. The van der Waals surface area contributed by atoms with Crippen LogP contribution in [0.1, 0.15) is 27.7 Å². The van der Waals surface area contributed by atoms with Crippen LogP contribution in [0.3, 0.4) is 0 Å². The lowest BCUT2D eigenvalue weighted by molar-refractivity contribution is 0.0674. The average molecular weight is 1010 g/mol. The van der Waals surface area contributed by atoms with Gasteiger partial charge in [0.15, 0.2) is 0 Å². The van der Waals surface area contributed by atoms with Crippen LogP contribution in [0.5, 0.6) is 23.0 Å². The molecule has 10 nitrogen and oxygen atoms in total. The molecule has 0 saturated heterocycles. The molecule has 8 aromatic carbocycles. The minimum Gasteiger partial charge on any atom is -0.489 e. The first-order valence-corrected chi connectivity index (χ1v) is 30.4. The van der Waals surface area contributed by atoms with E-state index >= 15 is 0 Å². The van der Waals surface area contributed by atoms with Crippen LogP contribution in [0.25, 0.3) is 0 Å². The number of hydrogen-bond acceptors (Lipinski definition) is 10. The second-order valence-electron chi connectivity index (χ2n) is 15.3. The van der Waals surface area contributed by atoms with Gasteiger partial charge in [0.05, 0.1) is 0 Å². The van der Waals surface area contributed by atoms with Crippen molar-refractivity contribution in [1.29, 1.82) is 0 Å². The summed E-state index contributed by atoms with van der Waals surface area (Å²) < 4.78 is 66.6. The molecule has 0 heterocycles. The van der Waals surface area contributed by atoms with Gasteiger partial charge in [-0.1, -0.05) is 194 Å². The van der Waals surface area contributed by atoms with E-state index in [-0.39, 0.29) is 0 Å². The van der Waals surface area contributed by atoms with Crippen LogP contribution < -0.4 is 38.5 Å². The van der Waals surface area contributed by atoms with Gasteiger partial charge in [-0.3, -0.25) is 0 Å². The second kappa shape index (κ2) is 26.0. The smallest absolute Gasteiger partial charge is 0.489 e. The van der Waals surface area contributed by atoms with E-state index in [4.69, 9.17) is 43.6 Å². The van der Waals surface area contributed by atoms with Crippen molar-refractivity contribution in [2.75, 3.05) is 26.4 Å². The van der Waals surface area contributed by atoms with E-state index in [1.807, 2.05) is 270 Å². The van der Waals surface area contributed by atoms with Gasteiger partial charge in [0.25, 0.3) is 0 Å². The van der Waals surface area contributed by atoms with Gasteiger partial charge in [0.2, 0.25) is 0 Å². The summed E-state index contributed by atoms with van der Waals surface area (Å²) in [4.78, 5) is 0. The van der Waals surface area contributed by atoms with Gasteiger partial charge in [-0.2, -0.15) is 0 Å². The molecule has 0 aliphatic carbocycles. The largest absolute Gasteiger partial charge is 0.663 e. The Morgan fingerprint density at radius 1 is 0.229 bits per heavy atom. The summed E-state index contributed by atoms with van der Waals surface area (Å²) in [6.45, 7) is 9.66. The zero-order valence-corrected chi connectivity index (χ0v) is 44.0. The zero-order chi connectivity index (χ0) is 48.8. The van der Waals surface area contributed by atoms with Crippen molar-refractivity contribution < 1.29 is 43.6 Å². The monoisotopic (exact) mass is 1000 g/mol. The third kappa shape index (κ3) is 13.5. The van der Waals surface area contributed by atoms with Gasteiger partial charge in [-0.25, -0.2) is 0 Å². The van der Waals surface area contributed by atoms with Crippen molar-refractivity contribution in [1.82, 2.24) is 0 Å². The fraction of sp³-hybridized carbons (Fsp3) is 0.143. The Morgan fingerprint density at radius 2 is 0.400 bits per heavy atom. The summed E-state index contributed by atoms with van der Waals surface area (Å²) >= 11 is 0. The molecule has 14 heteroatoms. The first-order valence-electron chi connectivity index (χ1n) is 23.5. The van der Waals surface area contributed by atoms with Crippen molar-refractivity contribution >= 4 is 56.0 Å². The van der Waals surface area contributed by atoms with Crippen LogP contribution in [0, 0.1) is 0 Å². The maximum atomic E-state index is 7.40. The molecule has 0 fully saturated rings. The maximum absolute atomic E-state index is 7.40. The Labute approximate surface area is 417 Å². The van der Waals surface area contributed by atoms with Gasteiger partial charge in [0, 0.05) is 47.2 Å². The number of hydrogen-bond donors (Lipinski definition) is 0. The first-order chi connectivity index (χ1) is 34.4. The quantitative estimate of drug-likeness (QED) is 0.0545. The molecule has 0 radical (unpaired) electrons. The van der Waals surface area contributed by atoms with Gasteiger partial charge in [0.1, 0.15) is 23.0 Å². The summed E-state index contributed by atoms with van der Waals surface area (Å²) in [5.74, 6) is 2.40. The summed E-state index contributed by atoms with van der Waals surface area (Å²) in [7, 11) is -14.4. The third-order valence-electron chi connectivity index (χ3n) is 10.4. The molecule has 0 aliphatic rings. The predicted molar refractivity (Wildman–Crippen MR) is 284 cm³/mol. The minimum absolute atomic E-state index is 0.471. The Kier molecular flexibility index (Phi) is 19.1. The molecule has 0 aromatic heterocycles. The maximum Gasteiger partial charge on any atom is 0.663 e. The Bertz CT molecular complexity index is 2390. The Balaban J connectivity index is 0.000000231. The van der Waals surface area contributed by atoms with E-state index in [2.05, 4.69) is 0 Å². The normalized spacial score (nSPS) is 11.7. The Hall–Kier alpha value is -6.41. The highest BCUT2D eigenvalue weighted by Gasteiger charge is 2.63. The van der Waals surface area contributed by atoms with Crippen LogP contribution in [0.4, 0.5) is 0 Å². The van der Waals surface area contributed by atoms with E-state index in [1.165, 1.54) is 0 Å². The first kappa shape index (κ1) is 51.4. The van der Waals surface area contributed by atoms with E-state index in [0.29, 0.717) is 49.4 Å². The molecule has 0 N–H and O–H groups in total. The SMILES string of the molecule is CCO[Si](OCC)(O[Si](OCC)(OCC)c1ccccc1)c1ccccc1.c1ccc(O[Si](Oc2ccccc2)(O[Si](Oc2ccccc2)(Oc2ccccc2)c2ccccc2)c2ccccc2)cc1. The fourth-order valence-corrected chi connectivity index (χ4v) is 20.8. The van der Waals surface area contributed by atoms with E-state index in [9.17, 15) is 0 Å². The molecule has 0 atom stereocenters. The zero-order valence-electron chi connectivity index (χ0n) is 40.0. The molecule has 0 aliphatic heterocycles. The lowest BCUT2D eigenvalue weighted by atomic mass is 10.3. The van der Waals surface area contributed by atoms with Crippen molar-refractivity contribution in [2.24, 2.45) is 0 Å². The van der Waals surface area contributed by atoms with Gasteiger partial charge >= 0.3 is 35.2 Å². The lowest BCUT2D eigenvalue weighted by Gasteiger charge is -2.38. The molecule has 70 heavy (non-hydrogen) atoms. The number of benzene rings is 8. The average Bonchev–Trinajstić information content (AvgIpc) is 3.41. The summed E-state index contributed by atoms with van der Waals surface area (Å²) in [5.41, 5.74) is 0. The fourth-order valence-electron chi connectivity index (χ4n) is 7.39. The molecule has 0 unspecified atom stereocenters. The van der Waals surface area contributed by atoms with Crippen molar-refractivity contribution in [2.45, 2.75) is 27.7 Å². The molecule has 0 bridgehead atoms. The molecule has 0 spiro atoms. The summed E-state index contributed by atoms with van der Waals surface area (Å²) in [6.07, 6.45) is 0. The molecule has 0 saturated carbocycles. The van der Waals surface area contributed by atoms with Gasteiger partial charge < -0.3 is 43.6 Å². The van der Waals surface area contributed by atoms with Gasteiger partial charge in [-0.15, -0.1) is 0 Å². The molecular weight excluding hydrogens is 945 g/mol. The summed E-state index contributed by atoms with van der Waals surface area (Å²) in [6, 6.07) is 77.6. The number of rotatable bonds is 24. The molecule has 360 valence electrons. The highest BCUT2D eigenvalue weighted by Crippen LogP contribution is 2.29. The van der Waals surface area contributed by atoms with Crippen LogP contribution in [0.2, 0.25) is 0 Å². The number of para-hydroxylation sites is 4.